The van der Waals surface area contributed by atoms with Gasteiger partial charge < -0.3 is 5.11 Å². The average Bonchev–Trinajstić information content (AvgIpc) is 2.48. The molecule has 4 heteroatoms. The van der Waals surface area contributed by atoms with Crippen LogP contribution in [0.15, 0.2) is 18.2 Å². The van der Waals surface area contributed by atoms with Crippen LogP contribution < -0.4 is 0 Å². The Morgan fingerprint density at radius 1 is 1.29 bits per heavy atom. The fourth-order valence-electron chi connectivity index (χ4n) is 2.50. The number of rotatable bonds is 2. The van der Waals surface area contributed by atoms with E-state index in [0.717, 1.165) is 16.7 Å². The maximum atomic E-state index is 11.4. The molecule has 1 aromatic carbocycles. The molecular formula is C13H18O3S. The molecule has 0 amide bonds. The van der Waals surface area contributed by atoms with Crippen molar-refractivity contribution in [2.75, 3.05) is 11.5 Å². The van der Waals surface area contributed by atoms with Crippen molar-refractivity contribution in [2.45, 2.75) is 32.3 Å². The maximum Gasteiger partial charge on any atom is 0.153 e. The van der Waals surface area contributed by atoms with E-state index in [1.807, 2.05) is 32.0 Å². The first-order chi connectivity index (χ1) is 7.81. The highest BCUT2D eigenvalue weighted by molar-refractivity contribution is 7.91. The van der Waals surface area contributed by atoms with Gasteiger partial charge in [-0.1, -0.05) is 18.2 Å². The van der Waals surface area contributed by atoms with Gasteiger partial charge in [0.25, 0.3) is 0 Å². The third kappa shape index (κ3) is 2.69. The number of sulfone groups is 1. The predicted octanol–water partition coefficient (Wildman–Crippen LogP) is 1.40. The Morgan fingerprint density at radius 3 is 2.35 bits per heavy atom. The number of hydrogen-bond donors (Lipinski definition) is 1. The van der Waals surface area contributed by atoms with Gasteiger partial charge in [-0.3, -0.25) is 0 Å². The Hall–Kier alpha value is -0.870. The van der Waals surface area contributed by atoms with Gasteiger partial charge in [-0.05, 0) is 37.0 Å². The van der Waals surface area contributed by atoms with E-state index in [-0.39, 0.29) is 11.5 Å². The highest BCUT2D eigenvalue weighted by atomic mass is 32.2. The number of aliphatic hydroxyl groups is 1. The second-order valence-electron chi connectivity index (χ2n) is 5.11. The van der Waals surface area contributed by atoms with Gasteiger partial charge >= 0.3 is 0 Å². The molecule has 1 atom stereocenters. The van der Waals surface area contributed by atoms with Crippen molar-refractivity contribution < 1.29 is 13.5 Å². The topological polar surface area (TPSA) is 54.4 Å². The van der Waals surface area contributed by atoms with E-state index < -0.39 is 15.4 Å². The molecule has 1 aliphatic rings. The van der Waals surface area contributed by atoms with Gasteiger partial charge in [-0.25, -0.2) is 8.42 Å². The Bertz CT molecular complexity index is 513. The lowest BCUT2D eigenvalue weighted by atomic mass is 9.89. The van der Waals surface area contributed by atoms with Crippen molar-refractivity contribution in [2.24, 2.45) is 0 Å². The van der Waals surface area contributed by atoms with Gasteiger partial charge in [-0.15, -0.1) is 0 Å². The molecule has 0 spiro atoms. The first-order valence-corrected chi connectivity index (χ1v) is 7.61. The molecule has 0 saturated carbocycles. The number of hydrogen-bond acceptors (Lipinski definition) is 3. The van der Waals surface area contributed by atoms with Gasteiger partial charge in [0.05, 0.1) is 17.1 Å². The van der Waals surface area contributed by atoms with Crippen LogP contribution in [0.5, 0.6) is 0 Å². The zero-order valence-corrected chi connectivity index (χ0v) is 11.0. The Balaban J connectivity index is 2.28. The number of aryl methyl sites for hydroxylation is 2. The minimum Gasteiger partial charge on any atom is -0.388 e. The Kier molecular flexibility index (Phi) is 3.04. The molecule has 1 saturated heterocycles. The standard InChI is InChI=1S/C13H18O3S/c1-10-4-3-5-11(2)12(10)8-13(14)6-7-17(15,16)9-13/h3-5,14H,6-9H2,1-2H3. The van der Waals surface area contributed by atoms with Crippen molar-refractivity contribution in [3.63, 3.8) is 0 Å². The summed E-state index contributed by atoms with van der Waals surface area (Å²) in [4.78, 5) is 0. The van der Waals surface area contributed by atoms with Crippen molar-refractivity contribution in [1.29, 1.82) is 0 Å². The summed E-state index contributed by atoms with van der Waals surface area (Å²) < 4.78 is 22.9. The smallest absolute Gasteiger partial charge is 0.153 e. The SMILES string of the molecule is Cc1cccc(C)c1CC1(O)CCS(=O)(=O)C1. The van der Waals surface area contributed by atoms with Crippen LogP contribution in [-0.4, -0.2) is 30.6 Å². The van der Waals surface area contributed by atoms with Crippen LogP contribution in [0.1, 0.15) is 23.1 Å². The maximum absolute atomic E-state index is 11.4. The van der Waals surface area contributed by atoms with E-state index in [9.17, 15) is 13.5 Å². The summed E-state index contributed by atoms with van der Waals surface area (Å²) in [5.74, 6) is 0.00219. The number of benzene rings is 1. The van der Waals surface area contributed by atoms with E-state index in [4.69, 9.17) is 0 Å². The van der Waals surface area contributed by atoms with Gasteiger partial charge in [0.1, 0.15) is 0 Å². The molecule has 0 radical (unpaired) electrons. The molecule has 0 bridgehead atoms. The predicted molar refractivity (Wildman–Crippen MR) is 67.8 cm³/mol. The minimum absolute atomic E-state index is 0.103. The van der Waals surface area contributed by atoms with Crippen molar-refractivity contribution >= 4 is 9.84 Å². The summed E-state index contributed by atoms with van der Waals surface area (Å²) in [6.07, 6.45) is 0.786. The molecule has 1 N–H and O–H groups in total. The summed E-state index contributed by atoms with van der Waals surface area (Å²) in [6, 6.07) is 5.97. The molecule has 94 valence electrons. The highest BCUT2D eigenvalue weighted by Crippen LogP contribution is 2.29. The lowest BCUT2D eigenvalue weighted by molar-refractivity contribution is 0.0678. The normalized spacial score (nSPS) is 27.2. The van der Waals surface area contributed by atoms with Crippen molar-refractivity contribution in [3.05, 3.63) is 34.9 Å². The average molecular weight is 254 g/mol. The molecule has 1 heterocycles. The Morgan fingerprint density at radius 2 is 1.88 bits per heavy atom. The lowest BCUT2D eigenvalue weighted by Gasteiger charge is -2.23. The molecule has 1 aliphatic heterocycles. The zero-order chi connectivity index (χ0) is 12.7. The monoisotopic (exact) mass is 254 g/mol. The van der Waals surface area contributed by atoms with Crippen LogP contribution >= 0.6 is 0 Å². The van der Waals surface area contributed by atoms with E-state index >= 15 is 0 Å². The first kappa shape index (κ1) is 12.6. The van der Waals surface area contributed by atoms with Gasteiger partial charge in [0.15, 0.2) is 9.84 Å². The van der Waals surface area contributed by atoms with Gasteiger partial charge in [0.2, 0.25) is 0 Å². The largest absolute Gasteiger partial charge is 0.388 e. The quantitative estimate of drug-likeness (QED) is 0.868. The van der Waals surface area contributed by atoms with E-state index in [1.165, 1.54) is 0 Å². The van der Waals surface area contributed by atoms with Crippen molar-refractivity contribution in [1.82, 2.24) is 0 Å². The molecule has 1 fully saturated rings. The van der Waals surface area contributed by atoms with Crippen LogP contribution in [0.25, 0.3) is 0 Å². The molecule has 17 heavy (non-hydrogen) atoms. The molecule has 0 aliphatic carbocycles. The van der Waals surface area contributed by atoms with Crippen LogP contribution in [0.4, 0.5) is 0 Å². The summed E-state index contributed by atoms with van der Waals surface area (Å²) in [6.45, 7) is 3.99. The molecule has 1 unspecified atom stereocenters. The summed E-state index contributed by atoms with van der Waals surface area (Å²) in [5, 5.41) is 10.4. The third-order valence-electron chi connectivity index (χ3n) is 3.52. The molecule has 3 nitrogen and oxygen atoms in total. The summed E-state index contributed by atoms with van der Waals surface area (Å²) in [5.41, 5.74) is 2.23. The molecule has 0 aromatic heterocycles. The summed E-state index contributed by atoms with van der Waals surface area (Å²) >= 11 is 0. The summed E-state index contributed by atoms with van der Waals surface area (Å²) in [7, 11) is -3.05. The van der Waals surface area contributed by atoms with Crippen LogP contribution in [0.2, 0.25) is 0 Å². The minimum atomic E-state index is -3.05. The second kappa shape index (κ2) is 4.10. The van der Waals surface area contributed by atoms with Crippen molar-refractivity contribution in [3.8, 4) is 0 Å². The fourth-order valence-corrected chi connectivity index (χ4v) is 4.40. The molecule has 1 aromatic rings. The van der Waals surface area contributed by atoms with Crippen LogP contribution in [0.3, 0.4) is 0 Å². The zero-order valence-electron chi connectivity index (χ0n) is 10.2. The lowest BCUT2D eigenvalue weighted by Crippen LogP contribution is -2.33. The van der Waals surface area contributed by atoms with Gasteiger partial charge in [0, 0.05) is 6.42 Å². The van der Waals surface area contributed by atoms with Crippen LogP contribution in [-0.2, 0) is 16.3 Å². The highest BCUT2D eigenvalue weighted by Gasteiger charge is 2.40. The third-order valence-corrected chi connectivity index (χ3v) is 5.32. The van der Waals surface area contributed by atoms with E-state index in [0.29, 0.717) is 12.8 Å². The fraction of sp³-hybridized carbons (Fsp3) is 0.538. The van der Waals surface area contributed by atoms with Gasteiger partial charge in [-0.2, -0.15) is 0 Å². The molecule has 2 rings (SSSR count). The van der Waals surface area contributed by atoms with E-state index in [1.54, 1.807) is 0 Å². The van der Waals surface area contributed by atoms with Crippen LogP contribution in [0, 0.1) is 13.8 Å². The Labute approximate surface area is 102 Å². The second-order valence-corrected chi connectivity index (χ2v) is 7.30. The first-order valence-electron chi connectivity index (χ1n) is 5.79. The van der Waals surface area contributed by atoms with E-state index in [2.05, 4.69) is 0 Å². The molecular weight excluding hydrogens is 236 g/mol.